The van der Waals surface area contributed by atoms with Gasteiger partial charge in [-0.25, -0.2) is 0 Å². The second kappa shape index (κ2) is 8.67. The van der Waals surface area contributed by atoms with Gasteiger partial charge in [0, 0.05) is 17.5 Å². The van der Waals surface area contributed by atoms with Crippen LogP contribution in [0.15, 0.2) is 17.5 Å². The van der Waals surface area contributed by atoms with Crippen molar-refractivity contribution in [2.75, 3.05) is 20.6 Å². The summed E-state index contributed by atoms with van der Waals surface area (Å²) < 4.78 is 0. The predicted molar refractivity (Wildman–Crippen MR) is 101 cm³/mol. The molecule has 7 heteroatoms. The Morgan fingerprint density at radius 3 is 2.61 bits per heavy atom. The third-order valence-electron chi connectivity index (χ3n) is 5.25. The van der Waals surface area contributed by atoms with Gasteiger partial charge in [0.25, 0.3) is 0 Å². The highest BCUT2D eigenvalue weighted by molar-refractivity contribution is 7.10. The maximum atomic E-state index is 12.5. The van der Waals surface area contributed by atoms with Gasteiger partial charge in [0.15, 0.2) is 0 Å². The summed E-state index contributed by atoms with van der Waals surface area (Å²) in [5.74, 6) is 1.30. The number of likely N-dealkylation sites (N-methyl/N-ethyl adjacent to an activating group) is 1. The van der Waals surface area contributed by atoms with Gasteiger partial charge in [-0.3, -0.25) is 4.79 Å². The molecule has 1 amide bonds. The normalized spacial score (nSPS) is 29.7. The Kier molecular flexibility index (Phi) is 7.81. The van der Waals surface area contributed by atoms with E-state index in [1.807, 2.05) is 0 Å². The third kappa shape index (κ3) is 4.20. The molecule has 1 heterocycles. The molecule has 5 unspecified atom stereocenters. The maximum absolute atomic E-state index is 12.5. The smallest absolute Gasteiger partial charge is 0.225 e. The SMILES string of the molecule is CN(C)C(CNC(=O)C1C2CCC(C2)C1N)c1cccs1.Cl.Cl. The largest absolute Gasteiger partial charge is 0.354 e. The summed E-state index contributed by atoms with van der Waals surface area (Å²) in [5, 5.41) is 5.24. The Morgan fingerprint density at radius 1 is 1.39 bits per heavy atom. The van der Waals surface area contributed by atoms with E-state index in [4.69, 9.17) is 5.73 Å². The molecule has 2 saturated carbocycles. The standard InChI is InChI=1S/C16H25N3OS.2ClH/c1-19(2)12(13-4-3-7-21-13)9-18-16(20)14-10-5-6-11(8-10)15(14)17;;/h3-4,7,10-12,14-15H,5-6,8-9,17H2,1-2H3,(H,18,20);2*1H. The van der Waals surface area contributed by atoms with Crippen molar-refractivity contribution in [2.24, 2.45) is 23.5 Å². The molecule has 5 atom stereocenters. The van der Waals surface area contributed by atoms with Crippen LogP contribution in [-0.2, 0) is 4.79 Å². The first kappa shape index (κ1) is 20.7. The molecule has 0 aromatic carbocycles. The first-order chi connectivity index (χ1) is 10.1. The second-order valence-electron chi connectivity index (χ2n) is 6.68. The zero-order valence-corrected chi connectivity index (χ0v) is 16.1. The molecule has 23 heavy (non-hydrogen) atoms. The van der Waals surface area contributed by atoms with Crippen molar-refractivity contribution in [3.8, 4) is 0 Å². The van der Waals surface area contributed by atoms with Crippen molar-refractivity contribution < 1.29 is 4.79 Å². The minimum Gasteiger partial charge on any atom is -0.354 e. The van der Waals surface area contributed by atoms with E-state index in [-0.39, 0.29) is 48.7 Å². The van der Waals surface area contributed by atoms with E-state index in [0.717, 1.165) is 6.42 Å². The fraction of sp³-hybridized carbons (Fsp3) is 0.688. The summed E-state index contributed by atoms with van der Waals surface area (Å²) in [4.78, 5) is 16.0. The first-order valence-corrected chi connectivity index (χ1v) is 8.69. The number of carbonyl (C=O) groups is 1. The van der Waals surface area contributed by atoms with Gasteiger partial charge in [-0.15, -0.1) is 36.2 Å². The lowest BCUT2D eigenvalue weighted by molar-refractivity contribution is -0.127. The highest BCUT2D eigenvalue weighted by Crippen LogP contribution is 2.47. The Labute approximate surface area is 155 Å². The molecular formula is C16H27Cl2N3OS. The highest BCUT2D eigenvalue weighted by Gasteiger charge is 2.49. The van der Waals surface area contributed by atoms with Gasteiger partial charge in [0.05, 0.1) is 12.0 Å². The van der Waals surface area contributed by atoms with Crippen LogP contribution in [0, 0.1) is 17.8 Å². The molecule has 4 nitrogen and oxygen atoms in total. The zero-order valence-electron chi connectivity index (χ0n) is 13.6. The van der Waals surface area contributed by atoms with Gasteiger partial charge in [0.1, 0.15) is 0 Å². The van der Waals surface area contributed by atoms with E-state index in [9.17, 15) is 4.79 Å². The number of halogens is 2. The van der Waals surface area contributed by atoms with Crippen LogP contribution in [0.3, 0.4) is 0 Å². The highest BCUT2D eigenvalue weighted by atomic mass is 35.5. The van der Waals surface area contributed by atoms with Crippen LogP contribution in [0.1, 0.15) is 30.2 Å². The van der Waals surface area contributed by atoms with E-state index < -0.39 is 0 Å². The first-order valence-electron chi connectivity index (χ1n) is 7.81. The average Bonchev–Trinajstić information content (AvgIpc) is 3.14. The lowest BCUT2D eigenvalue weighted by Crippen LogP contribution is -2.46. The van der Waals surface area contributed by atoms with E-state index in [1.54, 1.807) is 11.3 Å². The molecule has 1 aromatic rings. The van der Waals surface area contributed by atoms with Gasteiger partial charge in [0.2, 0.25) is 5.91 Å². The number of nitrogens with two attached hydrogens (primary N) is 1. The lowest BCUT2D eigenvalue weighted by Gasteiger charge is -2.29. The minimum absolute atomic E-state index is 0. The van der Waals surface area contributed by atoms with Crippen molar-refractivity contribution >= 4 is 42.1 Å². The number of hydrogen-bond acceptors (Lipinski definition) is 4. The molecule has 2 bridgehead atoms. The van der Waals surface area contributed by atoms with Gasteiger partial charge in [-0.2, -0.15) is 0 Å². The summed E-state index contributed by atoms with van der Waals surface area (Å²) in [6.45, 7) is 0.660. The maximum Gasteiger partial charge on any atom is 0.225 e. The number of nitrogens with zero attached hydrogens (tertiary/aromatic N) is 1. The Morgan fingerprint density at radius 2 is 2.09 bits per heavy atom. The number of amides is 1. The van der Waals surface area contributed by atoms with E-state index >= 15 is 0 Å². The summed E-state index contributed by atoms with van der Waals surface area (Å²) >= 11 is 1.74. The van der Waals surface area contributed by atoms with Gasteiger partial charge in [-0.1, -0.05) is 6.07 Å². The van der Waals surface area contributed by atoms with Gasteiger partial charge in [-0.05, 0) is 56.6 Å². The van der Waals surface area contributed by atoms with Crippen LogP contribution >= 0.6 is 36.2 Å². The zero-order chi connectivity index (χ0) is 15.0. The van der Waals surface area contributed by atoms with Crippen molar-refractivity contribution in [1.29, 1.82) is 0 Å². The van der Waals surface area contributed by atoms with Crippen LogP contribution in [0.25, 0.3) is 0 Å². The van der Waals surface area contributed by atoms with Crippen LogP contribution in [0.5, 0.6) is 0 Å². The number of carbonyl (C=O) groups excluding carboxylic acids is 1. The van der Waals surface area contributed by atoms with E-state index in [1.165, 1.54) is 17.7 Å². The Hall–Kier alpha value is -0.330. The predicted octanol–water partition coefficient (Wildman–Crippen LogP) is 2.68. The minimum atomic E-state index is 0. The number of rotatable bonds is 5. The van der Waals surface area contributed by atoms with Crippen molar-refractivity contribution in [1.82, 2.24) is 10.2 Å². The number of fused-ring (bicyclic) bond motifs is 2. The molecule has 2 aliphatic carbocycles. The van der Waals surface area contributed by atoms with Crippen LogP contribution in [-0.4, -0.2) is 37.5 Å². The summed E-state index contributed by atoms with van der Waals surface area (Å²) in [6, 6.07) is 4.50. The molecule has 2 fully saturated rings. The van der Waals surface area contributed by atoms with Crippen molar-refractivity contribution in [3.05, 3.63) is 22.4 Å². The van der Waals surface area contributed by atoms with Gasteiger partial charge < -0.3 is 16.0 Å². The number of thiophene rings is 1. The topological polar surface area (TPSA) is 58.4 Å². The molecule has 0 saturated heterocycles. The van der Waals surface area contributed by atoms with Crippen molar-refractivity contribution in [2.45, 2.75) is 31.3 Å². The summed E-state index contributed by atoms with van der Waals surface area (Å²) in [6.07, 6.45) is 3.55. The fourth-order valence-electron chi connectivity index (χ4n) is 4.06. The molecule has 0 aliphatic heterocycles. The quantitative estimate of drug-likeness (QED) is 0.826. The summed E-state index contributed by atoms with van der Waals surface area (Å²) in [7, 11) is 4.11. The van der Waals surface area contributed by atoms with Crippen molar-refractivity contribution in [3.63, 3.8) is 0 Å². The van der Waals surface area contributed by atoms with E-state index in [0.29, 0.717) is 18.4 Å². The molecule has 0 spiro atoms. The van der Waals surface area contributed by atoms with Crippen LogP contribution in [0.2, 0.25) is 0 Å². The molecule has 3 rings (SSSR count). The van der Waals surface area contributed by atoms with Crippen LogP contribution < -0.4 is 11.1 Å². The molecular weight excluding hydrogens is 353 g/mol. The molecule has 1 aromatic heterocycles. The molecule has 0 radical (unpaired) electrons. The molecule has 132 valence electrons. The average molecular weight is 380 g/mol. The second-order valence-corrected chi connectivity index (χ2v) is 7.66. The van der Waals surface area contributed by atoms with E-state index in [2.05, 4.69) is 41.8 Å². The third-order valence-corrected chi connectivity index (χ3v) is 6.22. The molecule has 3 N–H and O–H groups in total. The summed E-state index contributed by atoms with van der Waals surface area (Å²) in [5.41, 5.74) is 6.26. The lowest BCUT2D eigenvalue weighted by atomic mass is 9.84. The number of hydrogen-bond donors (Lipinski definition) is 2. The van der Waals surface area contributed by atoms with Gasteiger partial charge >= 0.3 is 0 Å². The Balaban J connectivity index is 0.00000132. The fourth-order valence-corrected chi connectivity index (χ4v) is 4.98. The number of nitrogens with one attached hydrogen (secondary N) is 1. The monoisotopic (exact) mass is 379 g/mol. The Bertz CT molecular complexity index is 496. The van der Waals surface area contributed by atoms with Crippen LogP contribution in [0.4, 0.5) is 0 Å². The molecule has 2 aliphatic rings.